The molecule has 0 spiro atoms. The molecule has 2 unspecified atom stereocenters. The summed E-state index contributed by atoms with van der Waals surface area (Å²) in [6.45, 7) is 7.46. The van der Waals surface area contributed by atoms with Gasteiger partial charge < -0.3 is 14.8 Å². The number of hydrogen-bond donors (Lipinski definition) is 1. The first-order valence-corrected chi connectivity index (χ1v) is 13.7. The molecular formula is C28H27Cl2N3O4S. The predicted octanol–water partition coefficient (Wildman–Crippen LogP) is 7.44. The van der Waals surface area contributed by atoms with Gasteiger partial charge in [0.05, 0.1) is 34.5 Å². The molecule has 2 atom stereocenters. The Bertz CT molecular complexity index is 1430. The summed E-state index contributed by atoms with van der Waals surface area (Å²) in [5.41, 5.74) is 4.58. The Kier molecular flexibility index (Phi) is 8.87. The molecule has 1 aliphatic rings. The largest absolute Gasteiger partial charge is 0.465 e. The number of ether oxygens (including phenoxy) is 2. The first-order chi connectivity index (χ1) is 18.2. The Hall–Kier alpha value is -3.20. The summed E-state index contributed by atoms with van der Waals surface area (Å²) in [5.74, 6) is -2.30. The SMILES string of the molecule is CCOC(=O)C1=C(C)N=C(C)C(C(=O)OCC)C1c1cccc(Nc2nc(-c3ccc(Cl)c(Cl)c3)cs2)c1. The fourth-order valence-corrected chi connectivity index (χ4v) is 5.50. The number of carbonyl (C=O) groups excluding carboxylic acids is 2. The quantitative estimate of drug-likeness (QED) is 0.282. The first kappa shape index (κ1) is 27.8. The molecule has 0 saturated heterocycles. The van der Waals surface area contributed by atoms with E-state index in [1.165, 1.54) is 11.3 Å². The van der Waals surface area contributed by atoms with Crippen LogP contribution < -0.4 is 5.32 Å². The van der Waals surface area contributed by atoms with Crippen LogP contribution in [0.15, 0.2) is 64.1 Å². The number of nitrogens with zero attached hydrogens (tertiary/aromatic N) is 2. The number of rotatable bonds is 8. The van der Waals surface area contributed by atoms with Crippen molar-refractivity contribution < 1.29 is 19.1 Å². The zero-order valence-corrected chi connectivity index (χ0v) is 23.7. The number of benzene rings is 2. The topological polar surface area (TPSA) is 89.9 Å². The fraction of sp³-hybridized carbons (Fsp3) is 0.286. The highest BCUT2D eigenvalue weighted by molar-refractivity contribution is 7.14. The molecule has 1 N–H and O–H groups in total. The van der Waals surface area contributed by atoms with Crippen LogP contribution in [0.3, 0.4) is 0 Å². The van der Waals surface area contributed by atoms with Gasteiger partial charge >= 0.3 is 11.9 Å². The maximum absolute atomic E-state index is 13.1. The van der Waals surface area contributed by atoms with Crippen molar-refractivity contribution in [1.82, 2.24) is 4.98 Å². The van der Waals surface area contributed by atoms with Gasteiger partial charge in [-0.3, -0.25) is 9.79 Å². The van der Waals surface area contributed by atoms with Crippen LogP contribution in [-0.4, -0.2) is 35.8 Å². The van der Waals surface area contributed by atoms with E-state index in [-0.39, 0.29) is 13.2 Å². The van der Waals surface area contributed by atoms with Crippen LogP contribution in [0.5, 0.6) is 0 Å². The number of aliphatic imine (C=N–C) groups is 1. The molecule has 1 aliphatic heterocycles. The van der Waals surface area contributed by atoms with Crippen molar-refractivity contribution in [3.05, 3.63) is 74.7 Å². The normalized spacial score (nSPS) is 17.2. The Balaban J connectivity index is 1.69. The molecule has 0 radical (unpaired) electrons. The standard InChI is InChI=1S/C28H27Cl2N3O4S/c1-5-36-26(34)23-15(3)31-16(4)24(27(35)37-6-2)25(23)18-8-7-9-19(12-18)32-28-33-22(14-38-28)17-10-11-20(29)21(30)13-17/h7-14,23,25H,5-6H2,1-4H3,(H,32,33). The maximum Gasteiger partial charge on any atom is 0.336 e. The van der Waals surface area contributed by atoms with Gasteiger partial charge in [-0.2, -0.15) is 0 Å². The minimum atomic E-state index is -0.755. The molecule has 3 aromatic rings. The second kappa shape index (κ2) is 12.1. The maximum atomic E-state index is 13.1. The lowest BCUT2D eigenvalue weighted by molar-refractivity contribution is -0.146. The average Bonchev–Trinajstić information content (AvgIpc) is 3.34. The van der Waals surface area contributed by atoms with Crippen LogP contribution >= 0.6 is 34.5 Å². The smallest absolute Gasteiger partial charge is 0.336 e. The van der Waals surface area contributed by atoms with Gasteiger partial charge in [-0.15, -0.1) is 11.3 Å². The van der Waals surface area contributed by atoms with Crippen LogP contribution in [0.25, 0.3) is 11.3 Å². The number of esters is 2. The van der Waals surface area contributed by atoms with Gasteiger partial charge in [-0.25, -0.2) is 9.78 Å². The highest BCUT2D eigenvalue weighted by Gasteiger charge is 2.42. The van der Waals surface area contributed by atoms with Crippen LogP contribution in [0.2, 0.25) is 10.0 Å². The van der Waals surface area contributed by atoms with Crippen molar-refractivity contribution in [3.8, 4) is 11.3 Å². The molecule has 0 fully saturated rings. The van der Waals surface area contributed by atoms with E-state index in [4.69, 9.17) is 32.7 Å². The number of carbonyl (C=O) groups is 2. The number of allylic oxidation sites excluding steroid dienone is 1. The van der Waals surface area contributed by atoms with Crippen LogP contribution in [0.1, 0.15) is 39.2 Å². The van der Waals surface area contributed by atoms with Gasteiger partial charge in [-0.05, 0) is 57.5 Å². The molecule has 0 bridgehead atoms. The lowest BCUT2D eigenvalue weighted by Crippen LogP contribution is -2.36. The molecule has 0 aliphatic carbocycles. The average molecular weight is 573 g/mol. The van der Waals surface area contributed by atoms with Gasteiger partial charge in [0.1, 0.15) is 5.92 Å². The predicted molar refractivity (Wildman–Crippen MR) is 153 cm³/mol. The van der Waals surface area contributed by atoms with Crippen molar-refractivity contribution in [2.45, 2.75) is 33.6 Å². The van der Waals surface area contributed by atoms with Gasteiger partial charge in [0.2, 0.25) is 0 Å². The van der Waals surface area contributed by atoms with Crippen molar-refractivity contribution in [1.29, 1.82) is 0 Å². The zero-order valence-electron chi connectivity index (χ0n) is 21.4. The Morgan fingerprint density at radius 3 is 2.50 bits per heavy atom. The van der Waals surface area contributed by atoms with Crippen LogP contribution in [0, 0.1) is 5.92 Å². The molecule has 0 saturated carbocycles. The van der Waals surface area contributed by atoms with E-state index in [0.29, 0.717) is 32.2 Å². The van der Waals surface area contributed by atoms with Gasteiger partial charge in [0, 0.05) is 34.0 Å². The van der Waals surface area contributed by atoms with E-state index in [1.54, 1.807) is 39.8 Å². The highest BCUT2D eigenvalue weighted by atomic mass is 35.5. The minimum Gasteiger partial charge on any atom is -0.465 e. The van der Waals surface area contributed by atoms with Crippen molar-refractivity contribution in [3.63, 3.8) is 0 Å². The number of anilines is 2. The third-order valence-electron chi connectivity index (χ3n) is 6.08. The van der Waals surface area contributed by atoms with E-state index in [2.05, 4.69) is 15.3 Å². The van der Waals surface area contributed by atoms with Gasteiger partial charge in [0.25, 0.3) is 0 Å². The number of halogens is 2. The summed E-state index contributed by atoms with van der Waals surface area (Å²) in [6.07, 6.45) is 0. The summed E-state index contributed by atoms with van der Waals surface area (Å²) in [7, 11) is 0. The van der Waals surface area contributed by atoms with E-state index in [9.17, 15) is 9.59 Å². The van der Waals surface area contributed by atoms with Crippen molar-refractivity contribution in [2.75, 3.05) is 18.5 Å². The first-order valence-electron chi connectivity index (χ1n) is 12.1. The monoisotopic (exact) mass is 571 g/mol. The lowest BCUT2D eigenvalue weighted by atomic mass is 9.75. The molecule has 38 heavy (non-hydrogen) atoms. The van der Waals surface area contributed by atoms with Gasteiger partial charge in [-0.1, -0.05) is 41.4 Å². The summed E-state index contributed by atoms with van der Waals surface area (Å²) >= 11 is 13.7. The molecule has 10 heteroatoms. The number of thiazole rings is 1. The second-order valence-corrected chi connectivity index (χ2v) is 10.3. The van der Waals surface area contributed by atoms with Crippen LogP contribution in [-0.2, 0) is 19.1 Å². The number of aromatic nitrogens is 1. The van der Waals surface area contributed by atoms with Gasteiger partial charge in [0.15, 0.2) is 5.13 Å². The molecule has 2 heterocycles. The molecule has 1 aromatic heterocycles. The van der Waals surface area contributed by atoms with E-state index < -0.39 is 23.8 Å². The molecule has 2 aromatic carbocycles. The summed E-state index contributed by atoms with van der Waals surface area (Å²) in [5, 5.41) is 6.87. The van der Waals surface area contributed by atoms with Crippen LogP contribution in [0.4, 0.5) is 10.8 Å². The number of nitrogens with one attached hydrogen (secondary N) is 1. The fourth-order valence-electron chi connectivity index (χ4n) is 4.46. The highest BCUT2D eigenvalue weighted by Crippen LogP contribution is 2.41. The molecule has 7 nitrogen and oxygen atoms in total. The van der Waals surface area contributed by atoms with Crippen molar-refractivity contribution >= 4 is 63.0 Å². The third-order valence-corrected chi connectivity index (χ3v) is 7.58. The third kappa shape index (κ3) is 5.93. The molecular weight excluding hydrogens is 545 g/mol. The van der Waals surface area contributed by atoms with E-state index in [0.717, 1.165) is 22.5 Å². The molecule has 0 amide bonds. The second-order valence-electron chi connectivity index (χ2n) is 8.60. The lowest BCUT2D eigenvalue weighted by Gasteiger charge is -2.31. The Labute approximate surface area is 235 Å². The van der Waals surface area contributed by atoms with E-state index >= 15 is 0 Å². The zero-order chi connectivity index (χ0) is 27.4. The van der Waals surface area contributed by atoms with Crippen molar-refractivity contribution in [2.24, 2.45) is 10.9 Å². The summed E-state index contributed by atoms with van der Waals surface area (Å²) in [6, 6.07) is 12.9. The Morgan fingerprint density at radius 2 is 1.79 bits per heavy atom. The van der Waals surface area contributed by atoms with E-state index in [1.807, 2.05) is 35.7 Å². The summed E-state index contributed by atoms with van der Waals surface area (Å²) < 4.78 is 10.7. The minimum absolute atomic E-state index is 0.210. The number of hydrogen-bond acceptors (Lipinski definition) is 8. The molecule has 198 valence electrons. The molecule has 4 rings (SSSR count). The summed E-state index contributed by atoms with van der Waals surface area (Å²) in [4.78, 5) is 35.3. The Morgan fingerprint density at radius 1 is 1.03 bits per heavy atom.